The van der Waals surface area contributed by atoms with Crippen LogP contribution in [0.3, 0.4) is 0 Å². The van der Waals surface area contributed by atoms with E-state index in [0.29, 0.717) is 30.5 Å². The second kappa shape index (κ2) is 6.55. The molecule has 1 unspecified atom stereocenters. The number of hydrogen-bond donors (Lipinski definition) is 2. The van der Waals surface area contributed by atoms with Crippen molar-refractivity contribution in [3.8, 4) is 0 Å². The minimum atomic E-state index is -0.459. The van der Waals surface area contributed by atoms with Crippen molar-refractivity contribution in [1.29, 1.82) is 0 Å². The van der Waals surface area contributed by atoms with E-state index in [0.717, 1.165) is 0 Å². The monoisotopic (exact) mass is 231 g/mol. The Morgan fingerprint density at radius 1 is 1.60 bits per heavy atom. The largest absolute Gasteiger partial charge is 0.391 e. The van der Waals surface area contributed by atoms with Gasteiger partial charge in [-0.05, 0) is 6.42 Å². The molecule has 6 heteroatoms. The molecule has 0 fully saturated rings. The molecule has 0 saturated heterocycles. The van der Waals surface area contributed by atoms with Gasteiger partial charge in [0, 0.05) is 19.7 Å². The van der Waals surface area contributed by atoms with Crippen LogP contribution in [0.25, 0.3) is 0 Å². The van der Waals surface area contributed by atoms with E-state index in [9.17, 15) is 5.11 Å². The van der Waals surface area contributed by atoms with Crippen molar-refractivity contribution in [2.24, 2.45) is 0 Å². The third-order valence-electron chi connectivity index (χ3n) is 1.78. The first-order valence-electron chi connectivity index (χ1n) is 4.61. The molecule has 2 N–H and O–H groups in total. The Morgan fingerprint density at radius 2 is 2.40 bits per heavy atom. The third kappa shape index (κ3) is 4.92. The molecule has 0 saturated carbocycles. The topological polar surface area (TPSA) is 67.3 Å². The summed E-state index contributed by atoms with van der Waals surface area (Å²) in [6.45, 7) is 0.948. The van der Waals surface area contributed by atoms with Crippen LogP contribution in [0, 0.1) is 0 Å². The van der Waals surface area contributed by atoms with Crippen molar-refractivity contribution in [2.45, 2.75) is 12.5 Å². The fraction of sp³-hybridized carbons (Fsp3) is 0.556. The average molecular weight is 232 g/mol. The van der Waals surface area contributed by atoms with Gasteiger partial charge in [0.15, 0.2) is 0 Å². The second-order valence-electron chi connectivity index (χ2n) is 3.05. The first-order valence-corrected chi connectivity index (χ1v) is 4.98. The van der Waals surface area contributed by atoms with Crippen LogP contribution >= 0.6 is 11.6 Å². The number of nitrogens with zero attached hydrogens (tertiary/aromatic N) is 2. The number of halogens is 1. The molecule has 1 heterocycles. The van der Waals surface area contributed by atoms with Crippen LogP contribution in [0.5, 0.6) is 0 Å². The SMILES string of the molecule is COCC(O)CCNc1cc(Cl)ncn1. The molecule has 0 spiro atoms. The summed E-state index contributed by atoms with van der Waals surface area (Å²) in [4.78, 5) is 7.72. The van der Waals surface area contributed by atoms with Crippen molar-refractivity contribution < 1.29 is 9.84 Å². The lowest BCUT2D eigenvalue weighted by Gasteiger charge is -2.10. The fourth-order valence-electron chi connectivity index (χ4n) is 1.07. The Morgan fingerprint density at radius 3 is 3.07 bits per heavy atom. The lowest BCUT2D eigenvalue weighted by atomic mass is 10.2. The predicted octanol–water partition coefficient (Wildman–Crippen LogP) is 0.939. The van der Waals surface area contributed by atoms with Gasteiger partial charge in [0.1, 0.15) is 17.3 Å². The Hall–Kier alpha value is -0.910. The minimum Gasteiger partial charge on any atom is -0.391 e. The van der Waals surface area contributed by atoms with Gasteiger partial charge < -0.3 is 15.2 Å². The predicted molar refractivity (Wildman–Crippen MR) is 58.0 cm³/mol. The number of aliphatic hydroxyl groups excluding tert-OH is 1. The van der Waals surface area contributed by atoms with E-state index in [1.165, 1.54) is 6.33 Å². The molecule has 1 aromatic heterocycles. The van der Waals surface area contributed by atoms with Gasteiger partial charge in [-0.25, -0.2) is 9.97 Å². The Kier molecular flexibility index (Phi) is 5.31. The molecule has 0 aromatic carbocycles. The van der Waals surface area contributed by atoms with Gasteiger partial charge in [-0.15, -0.1) is 0 Å². The highest BCUT2D eigenvalue weighted by Crippen LogP contribution is 2.08. The van der Waals surface area contributed by atoms with E-state index >= 15 is 0 Å². The average Bonchev–Trinajstić information content (AvgIpc) is 2.18. The first-order chi connectivity index (χ1) is 7.22. The highest BCUT2D eigenvalue weighted by Gasteiger charge is 2.02. The number of methoxy groups -OCH3 is 1. The van der Waals surface area contributed by atoms with Crippen LogP contribution in [0.15, 0.2) is 12.4 Å². The maximum absolute atomic E-state index is 9.36. The smallest absolute Gasteiger partial charge is 0.134 e. The minimum absolute atomic E-state index is 0.339. The van der Waals surface area contributed by atoms with Crippen molar-refractivity contribution >= 4 is 17.4 Å². The molecule has 1 atom stereocenters. The maximum atomic E-state index is 9.36. The lowest BCUT2D eigenvalue weighted by molar-refractivity contribution is 0.0615. The van der Waals surface area contributed by atoms with Crippen molar-refractivity contribution in [1.82, 2.24) is 9.97 Å². The summed E-state index contributed by atoms with van der Waals surface area (Å²) in [5.74, 6) is 0.652. The zero-order valence-corrected chi connectivity index (χ0v) is 9.24. The van der Waals surface area contributed by atoms with E-state index in [-0.39, 0.29) is 0 Å². The van der Waals surface area contributed by atoms with Crippen molar-refractivity contribution in [3.05, 3.63) is 17.5 Å². The molecule has 1 rings (SSSR count). The van der Waals surface area contributed by atoms with E-state index in [1.807, 2.05) is 0 Å². The summed E-state index contributed by atoms with van der Waals surface area (Å²) in [7, 11) is 1.56. The van der Waals surface area contributed by atoms with Gasteiger partial charge >= 0.3 is 0 Å². The number of ether oxygens (including phenoxy) is 1. The van der Waals surface area contributed by atoms with E-state index in [1.54, 1.807) is 13.2 Å². The van der Waals surface area contributed by atoms with E-state index < -0.39 is 6.10 Å². The third-order valence-corrected chi connectivity index (χ3v) is 1.98. The number of aromatic nitrogens is 2. The van der Waals surface area contributed by atoms with Gasteiger partial charge in [0.2, 0.25) is 0 Å². The molecule has 0 aliphatic rings. The molecule has 15 heavy (non-hydrogen) atoms. The zero-order valence-electron chi connectivity index (χ0n) is 8.48. The van der Waals surface area contributed by atoms with Gasteiger partial charge in [-0.3, -0.25) is 0 Å². The summed E-state index contributed by atoms with van der Waals surface area (Å²) in [5, 5.41) is 12.8. The van der Waals surface area contributed by atoms with Crippen molar-refractivity contribution in [3.63, 3.8) is 0 Å². The number of hydrogen-bond acceptors (Lipinski definition) is 5. The molecule has 0 radical (unpaired) electrons. The fourth-order valence-corrected chi connectivity index (χ4v) is 1.22. The van der Waals surface area contributed by atoms with Crippen LogP contribution in [0.4, 0.5) is 5.82 Å². The molecule has 0 bridgehead atoms. The maximum Gasteiger partial charge on any atom is 0.134 e. The molecule has 0 amide bonds. The number of aliphatic hydroxyl groups is 1. The Balaban J connectivity index is 2.25. The van der Waals surface area contributed by atoms with Gasteiger partial charge in [-0.2, -0.15) is 0 Å². The Bertz CT molecular complexity index is 298. The molecule has 84 valence electrons. The summed E-state index contributed by atoms with van der Waals surface area (Å²) >= 11 is 5.68. The van der Waals surface area contributed by atoms with Crippen LogP contribution in [-0.4, -0.2) is 41.4 Å². The molecular formula is C9H14ClN3O2. The summed E-state index contributed by atoms with van der Waals surface area (Å²) in [5.41, 5.74) is 0. The zero-order chi connectivity index (χ0) is 11.1. The molecule has 0 aliphatic carbocycles. The van der Waals surface area contributed by atoms with Gasteiger partial charge in [0.05, 0.1) is 12.7 Å². The first kappa shape index (κ1) is 12.2. The second-order valence-corrected chi connectivity index (χ2v) is 3.44. The van der Waals surface area contributed by atoms with Gasteiger partial charge in [0.25, 0.3) is 0 Å². The van der Waals surface area contributed by atoms with Crippen LogP contribution < -0.4 is 5.32 Å². The van der Waals surface area contributed by atoms with Crippen LogP contribution in [0.2, 0.25) is 5.15 Å². The van der Waals surface area contributed by atoms with E-state index in [2.05, 4.69) is 15.3 Å². The van der Waals surface area contributed by atoms with Crippen molar-refractivity contribution in [2.75, 3.05) is 25.6 Å². The van der Waals surface area contributed by atoms with E-state index in [4.69, 9.17) is 16.3 Å². The number of rotatable bonds is 6. The van der Waals surface area contributed by atoms with Gasteiger partial charge in [-0.1, -0.05) is 11.6 Å². The molecular weight excluding hydrogens is 218 g/mol. The lowest BCUT2D eigenvalue weighted by Crippen LogP contribution is -2.18. The molecule has 1 aromatic rings. The number of nitrogens with one attached hydrogen (secondary N) is 1. The van der Waals surface area contributed by atoms with Crippen LogP contribution in [-0.2, 0) is 4.74 Å². The number of anilines is 1. The molecule has 0 aliphatic heterocycles. The highest BCUT2D eigenvalue weighted by molar-refractivity contribution is 6.29. The summed E-state index contributed by atoms with van der Waals surface area (Å²) < 4.78 is 4.80. The summed E-state index contributed by atoms with van der Waals surface area (Å²) in [6.07, 6.45) is 1.52. The quantitative estimate of drug-likeness (QED) is 0.714. The standard InChI is InChI=1S/C9H14ClN3O2/c1-15-5-7(14)2-3-11-9-4-8(10)12-6-13-9/h4,6-7,14H,2-3,5H2,1H3,(H,11,12,13). The molecule has 5 nitrogen and oxygen atoms in total. The van der Waals surface area contributed by atoms with Crippen LogP contribution in [0.1, 0.15) is 6.42 Å². The highest BCUT2D eigenvalue weighted by atomic mass is 35.5. The summed E-state index contributed by atoms with van der Waals surface area (Å²) in [6, 6.07) is 1.63. The normalized spacial score (nSPS) is 12.5. The Labute approximate surface area is 93.5 Å².